The summed E-state index contributed by atoms with van der Waals surface area (Å²) in [6, 6.07) is 15.4. The molecular weight excluding hydrogens is 350 g/mol. The van der Waals surface area contributed by atoms with Crippen LogP contribution in [0.5, 0.6) is 5.75 Å². The third-order valence-electron chi connectivity index (χ3n) is 5.79. The summed E-state index contributed by atoms with van der Waals surface area (Å²) in [5.41, 5.74) is 4.27. The third-order valence-corrected chi connectivity index (χ3v) is 7.17. The quantitative estimate of drug-likeness (QED) is 0.570. The maximum Gasteiger partial charge on any atom is 0.118 e. The van der Waals surface area contributed by atoms with Crippen LogP contribution in [0.4, 0.5) is 5.69 Å². The van der Waals surface area contributed by atoms with Crippen LogP contribution >= 0.6 is 11.8 Å². The number of thioether (sulfide) groups is 1. The van der Waals surface area contributed by atoms with Crippen LogP contribution in [-0.4, -0.2) is 20.2 Å². The number of methoxy groups -OCH3 is 1. The molecule has 0 amide bonds. The van der Waals surface area contributed by atoms with Crippen molar-refractivity contribution in [2.24, 2.45) is 5.92 Å². The smallest absolute Gasteiger partial charge is 0.118 e. The molecule has 27 heavy (non-hydrogen) atoms. The normalized spacial score (nSPS) is 22.2. The molecule has 2 nitrogen and oxygen atoms in total. The van der Waals surface area contributed by atoms with E-state index in [0.29, 0.717) is 5.25 Å². The molecule has 3 heteroatoms. The van der Waals surface area contributed by atoms with Gasteiger partial charge in [-0.25, -0.2) is 0 Å². The monoisotopic (exact) mass is 379 g/mol. The van der Waals surface area contributed by atoms with Crippen LogP contribution < -0.4 is 9.64 Å². The molecule has 0 saturated carbocycles. The molecule has 1 aliphatic carbocycles. The topological polar surface area (TPSA) is 12.5 Å². The van der Waals surface area contributed by atoms with E-state index >= 15 is 0 Å². The molecule has 1 heterocycles. The summed E-state index contributed by atoms with van der Waals surface area (Å²) in [6.07, 6.45) is 9.68. The molecule has 0 fully saturated rings. The average molecular weight is 380 g/mol. The standard InChI is InChI=1S/C24H29NOS/c1-18-7-6-10-23-24(18)25(17-19-8-4-3-5-9-19)16-15-22(27-23)20-11-13-21(26-2)14-12-20/h3-4,6-7,10-14,19,22H,5,8-9,15-17H2,1-2H3/t19-,22+/m1/s1. The van der Waals surface area contributed by atoms with Crippen molar-refractivity contribution in [3.63, 3.8) is 0 Å². The molecule has 2 aromatic carbocycles. The van der Waals surface area contributed by atoms with Crippen LogP contribution in [0, 0.1) is 12.8 Å². The van der Waals surface area contributed by atoms with E-state index in [4.69, 9.17) is 4.74 Å². The molecule has 0 unspecified atom stereocenters. The molecule has 4 rings (SSSR count). The van der Waals surface area contributed by atoms with Gasteiger partial charge in [-0.2, -0.15) is 0 Å². The SMILES string of the molecule is COc1ccc([C@@H]2CCN(C[C@@H]3CC=CCC3)c3c(C)cccc3S2)cc1. The van der Waals surface area contributed by atoms with E-state index in [2.05, 4.69) is 66.4 Å². The van der Waals surface area contributed by atoms with Crippen LogP contribution in [0.1, 0.15) is 42.1 Å². The highest BCUT2D eigenvalue weighted by Crippen LogP contribution is 2.46. The Labute approximate surface area is 167 Å². The Bertz CT molecular complexity index is 799. The largest absolute Gasteiger partial charge is 0.497 e. The first-order valence-electron chi connectivity index (χ1n) is 10.0. The van der Waals surface area contributed by atoms with Gasteiger partial charge in [0.2, 0.25) is 0 Å². The molecule has 0 saturated heterocycles. The number of nitrogens with zero attached hydrogens (tertiary/aromatic N) is 1. The first kappa shape index (κ1) is 18.5. The Morgan fingerprint density at radius 1 is 1.07 bits per heavy atom. The second-order valence-electron chi connectivity index (χ2n) is 7.69. The fourth-order valence-corrected chi connectivity index (χ4v) is 5.68. The fraction of sp³-hybridized carbons (Fsp3) is 0.417. The Kier molecular flexibility index (Phi) is 5.77. The molecule has 2 atom stereocenters. The van der Waals surface area contributed by atoms with Crippen molar-refractivity contribution in [2.75, 3.05) is 25.1 Å². The molecular formula is C24H29NOS. The fourth-order valence-electron chi connectivity index (χ4n) is 4.30. The van der Waals surface area contributed by atoms with Crippen LogP contribution in [0.3, 0.4) is 0 Å². The van der Waals surface area contributed by atoms with Gasteiger partial charge in [0, 0.05) is 23.2 Å². The van der Waals surface area contributed by atoms with E-state index in [1.54, 1.807) is 7.11 Å². The lowest BCUT2D eigenvalue weighted by Crippen LogP contribution is -2.31. The van der Waals surface area contributed by atoms with Gasteiger partial charge >= 0.3 is 0 Å². The summed E-state index contributed by atoms with van der Waals surface area (Å²) < 4.78 is 5.33. The number of benzene rings is 2. The van der Waals surface area contributed by atoms with Gasteiger partial charge in [-0.15, -0.1) is 11.8 Å². The van der Waals surface area contributed by atoms with Crippen molar-refractivity contribution in [3.05, 3.63) is 65.7 Å². The van der Waals surface area contributed by atoms with Gasteiger partial charge in [-0.3, -0.25) is 0 Å². The van der Waals surface area contributed by atoms with Gasteiger partial charge in [-0.05, 0) is 67.9 Å². The lowest BCUT2D eigenvalue weighted by molar-refractivity contribution is 0.414. The minimum Gasteiger partial charge on any atom is -0.497 e. The number of para-hydroxylation sites is 1. The Morgan fingerprint density at radius 2 is 1.93 bits per heavy atom. The minimum absolute atomic E-state index is 0.493. The number of anilines is 1. The highest BCUT2D eigenvalue weighted by molar-refractivity contribution is 7.99. The zero-order valence-electron chi connectivity index (χ0n) is 16.4. The predicted molar refractivity (Wildman–Crippen MR) is 116 cm³/mol. The highest BCUT2D eigenvalue weighted by atomic mass is 32.2. The zero-order valence-corrected chi connectivity index (χ0v) is 17.2. The van der Waals surface area contributed by atoms with E-state index in [1.165, 1.54) is 53.9 Å². The molecule has 0 radical (unpaired) electrons. The number of hydrogen-bond acceptors (Lipinski definition) is 3. The van der Waals surface area contributed by atoms with Crippen molar-refractivity contribution in [1.82, 2.24) is 0 Å². The molecule has 0 aromatic heterocycles. The lowest BCUT2D eigenvalue weighted by Gasteiger charge is -2.31. The predicted octanol–water partition coefficient (Wildman–Crippen LogP) is 6.40. The first-order valence-corrected chi connectivity index (χ1v) is 10.9. The highest BCUT2D eigenvalue weighted by Gasteiger charge is 2.26. The van der Waals surface area contributed by atoms with Crippen molar-refractivity contribution in [1.29, 1.82) is 0 Å². The van der Waals surface area contributed by atoms with Gasteiger partial charge in [0.05, 0.1) is 12.8 Å². The van der Waals surface area contributed by atoms with Gasteiger partial charge in [0.15, 0.2) is 0 Å². The van der Waals surface area contributed by atoms with E-state index in [1.807, 2.05) is 11.8 Å². The first-order chi connectivity index (χ1) is 13.2. The van der Waals surface area contributed by atoms with E-state index in [0.717, 1.165) is 18.2 Å². The zero-order chi connectivity index (χ0) is 18.6. The molecule has 2 aliphatic rings. The Morgan fingerprint density at radius 3 is 2.67 bits per heavy atom. The number of allylic oxidation sites excluding steroid dienone is 2. The number of fused-ring (bicyclic) bond motifs is 1. The van der Waals surface area contributed by atoms with Crippen LogP contribution in [-0.2, 0) is 0 Å². The molecule has 1 aliphatic heterocycles. The number of hydrogen-bond donors (Lipinski definition) is 0. The second-order valence-corrected chi connectivity index (χ2v) is 8.93. The molecule has 142 valence electrons. The van der Waals surface area contributed by atoms with Crippen LogP contribution in [0.25, 0.3) is 0 Å². The van der Waals surface area contributed by atoms with Crippen molar-refractivity contribution < 1.29 is 4.74 Å². The summed E-state index contributed by atoms with van der Waals surface area (Å²) in [5, 5.41) is 0.493. The van der Waals surface area contributed by atoms with Gasteiger partial charge in [0.25, 0.3) is 0 Å². The average Bonchev–Trinajstić information content (AvgIpc) is 2.89. The van der Waals surface area contributed by atoms with Crippen molar-refractivity contribution in [3.8, 4) is 5.75 Å². The summed E-state index contributed by atoms with van der Waals surface area (Å²) >= 11 is 2.03. The van der Waals surface area contributed by atoms with Crippen molar-refractivity contribution >= 4 is 17.4 Å². The van der Waals surface area contributed by atoms with Crippen LogP contribution in [0.2, 0.25) is 0 Å². The number of aryl methyl sites for hydroxylation is 1. The minimum atomic E-state index is 0.493. The summed E-state index contributed by atoms with van der Waals surface area (Å²) in [7, 11) is 1.73. The van der Waals surface area contributed by atoms with Gasteiger partial charge in [0.1, 0.15) is 5.75 Å². The van der Waals surface area contributed by atoms with Crippen molar-refractivity contribution in [2.45, 2.75) is 42.8 Å². The van der Waals surface area contributed by atoms with Gasteiger partial charge in [-0.1, -0.05) is 36.4 Å². The maximum atomic E-state index is 5.33. The Balaban J connectivity index is 1.60. The molecule has 0 bridgehead atoms. The summed E-state index contributed by atoms with van der Waals surface area (Å²) in [5.74, 6) is 1.71. The lowest BCUT2D eigenvalue weighted by atomic mass is 9.93. The maximum absolute atomic E-state index is 5.33. The van der Waals surface area contributed by atoms with Crippen LogP contribution in [0.15, 0.2) is 59.5 Å². The second kappa shape index (κ2) is 8.43. The number of rotatable bonds is 4. The van der Waals surface area contributed by atoms with E-state index in [-0.39, 0.29) is 0 Å². The molecule has 0 spiro atoms. The molecule has 0 N–H and O–H groups in total. The van der Waals surface area contributed by atoms with Gasteiger partial charge < -0.3 is 9.64 Å². The Hall–Kier alpha value is -1.87. The molecule has 2 aromatic rings. The van der Waals surface area contributed by atoms with E-state index < -0.39 is 0 Å². The number of ether oxygens (including phenoxy) is 1. The van der Waals surface area contributed by atoms with E-state index in [9.17, 15) is 0 Å². The third kappa shape index (κ3) is 4.19. The summed E-state index contributed by atoms with van der Waals surface area (Å²) in [6.45, 7) is 4.57. The summed E-state index contributed by atoms with van der Waals surface area (Å²) in [4.78, 5) is 4.10.